The first-order valence-corrected chi connectivity index (χ1v) is 5.14. The van der Waals surface area contributed by atoms with Crippen molar-refractivity contribution in [2.24, 2.45) is 5.92 Å². The normalized spacial score (nSPS) is 27.4. The summed E-state index contributed by atoms with van der Waals surface area (Å²) < 4.78 is 2.04. The van der Waals surface area contributed by atoms with Crippen LogP contribution in [0.4, 0.5) is 0 Å². The van der Waals surface area contributed by atoms with Gasteiger partial charge in [-0.15, -0.1) is 0 Å². The van der Waals surface area contributed by atoms with E-state index in [1.54, 1.807) is 0 Å². The second kappa shape index (κ2) is 3.86. The first kappa shape index (κ1) is 9.31. The molecule has 0 amide bonds. The van der Waals surface area contributed by atoms with Crippen LogP contribution in [-0.4, -0.2) is 15.6 Å². The third-order valence-electron chi connectivity index (χ3n) is 3.06. The maximum atomic E-state index is 11.0. The van der Waals surface area contributed by atoms with E-state index < -0.39 is 5.97 Å². The predicted octanol–water partition coefficient (Wildman–Crippen LogP) is 2.30. The number of aromatic nitrogens is 1. The minimum atomic E-state index is -0.650. The smallest absolute Gasteiger partial charge is 0.308 e. The Morgan fingerprint density at radius 2 is 1.86 bits per heavy atom. The number of aliphatic carboxylic acids is 1. The molecule has 1 aliphatic carbocycles. The Morgan fingerprint density at radius 3 is 2.50 bits per heavy atom. The van der Waals surface area contributed by atoms with Gasteiger partial charge in [-0.25, -0.2) is 0 Å². The summed E-state index contributed by atoms with van der Waals surface area (Å²) in [5.41, 5.74) is 0. The van der Waals surface area contributed by atoms with Crippen molar-refractivity contribution in [1.29, 1.82) is 0 Å². The third kappa shape index (κ3) is 1.67. The average molecular weight is 193 g/mol. The lowest BCUT2D eigenvalue weighted by atomic mass is 9.84. The zero-order chi connectivity index (χ0) is 9.97. The fraction of sp³-hybridized carbons (Fsp3) is 0.545. The van der Waals surface area contributed by atoms with Crippen LogP contribution in [0.15, 0.2) is 24.5 Å². The topological polar surface area (TPSA) is 42.2 Å². The number of rotatable bonds is 2. The predicted molar refractivity (Wildman–Crippen MR) is 53.1 cm³/mol. The van der Waals surface area contributed by atoms with Crippen LogP contribution in [0.5, 0.6) is 0 Å². The summed E-state index contributed by atoms with van der Waals surface area (Å²) in [5.74, 6) is -0.848. The Balaban J connectivity index is 2.18. The van der Waals surface area contributed by atoms with Gasteiger partial charge in [0.2, 0.25) is 0 Å². The maximum absolute atomic E-state index is 11.0. The molecule has 1 heterocycles. The zero-order valence-corrected chi connectivity index (χ0v) is 8.10. The highest BCUT2D eigenvalue weighted by Gasteiger charge is 2.31. The van der Waals surface area contributed by atoms with Crippen molar-refractivity contribution in [3.63, 3.8) is 0 Å². The summed E-state index contributed by atoms with van der Waals surface area (Å²) in [6.07, 6.45) is 7.93. The van der Waals surface area contributed by atoms with Gasteiger partial charge in [-0.3, -0.25) is 4.79 Å². The highest BCUT2D eigenvalue weighted by Crippen LogP contribution is 2.33. The van der Waals surface area contributed by atoms with Crippen LogP contribution in [0.25, 0.3) is 0 Å². The van der Waals surface area contributed by atoms with Crippen molar-refractivity contribution in [2.75, 3.05) is 0 Å². The fourth-order valence-corrected chi connectivity index (χ4v) is 2.33. The molecule has 1 aliphatic rings. The molecule has 1 fully saturated rings. The molecule has 0 spiro atoms. The van der Waals surface area contributed by atoms with E-state index in [2.05, 4.69) is 0 Å². The summed E-state index contributed by atoms with van der Waals surface area (Å²) in [5, 5.41) is 9.09. The molecule has 0 unspecified atom stereocenters. The number of hydrogen-bond donors (Lipinski definition) is 1. The summed E-state index contributed by atoms with van der Waals surface area (Å²) >= 11 is 0. The van der Waals surface area contributed by atoms with Crippen molar-refractivity contribution in [2.45, 2.75) is 31.7 Å². The van der Waals surface area contributed by atoms with Crippen molar-refractivity contribution in [1.82, 2.24) is 4.57 Å². The Kier molecular flexibility index (Phi) is 2.57. The van der Waals surface area contributed by atoms with Gasteiger partial charge in [-0.1, -0.05) is 12.8 Å². The molecule has 0 saturated heterocycles. The monoisotopic (exact) mass is 193 g/mol. The van der Waals surface area contributed by atoms with Crippen LogP contribution in [-0.2, 0) is 4.79 Å². The second-order valence-corrected chi connectivity index (χ2v) is 3.93. The van der Waals surface area contributed by atoms with E-state index in [0.29, 0.717) is 0 Å². The fourth-order valence-electron chi connectivity index (χ4n) is 2.33. The van der Waals surface area contributed by atoms with E-state index >= 15 is 0 Å². The van der Waals surface area contributed by atoms with E-state index in [0.717, 1.165) is 25.7 Å². The molecule has 3 nitrogen and oxygen atoms in total. The van der Waals surface area contributed by atoms with Gasteiger partial charge in [0.25, 0.3) is 0 Å². The van der Waals surface area contributed by atoms with E-state index in [-0.39, 0.29) is 12.0 Å². The molecule has 3 heteroatoms. The molecule has 1 N–H and O–H groups in total. The Labute approximate surface area is 83.4 Å². The molecule has 2 atom stereocenters. The van der Waals surface area contributed by atoms with Crippen LogP contribution >= 0.6 is 0 Å². The lowest BCUT2D eigenvalue weighted by Crippen LogP contribution is -2.28. The second-order valence-electron chi connectivity index (χ2n) is 3.93. The van der Waals surface area contributed by atoms with Gasteiger partial charge in [0.1, 0.15) is 0 Å². The summed E-state index contributed by atoms with van der Waals surface area (Å²) in [6.45, 7) is 0. The van der Waals surface area contributed by atoms with E-state index in [9.17, 15) is 4.79 Å². The van der Waals surface area contributed by atoms with Crippen LogP contribution in [0, 0.1) is 5.92 Å². The molecule has 76 valence electrons. The first-order valence-electron chi connectivity index (χ1n) is 5.14. The Hall–Kier alpha value is -1.25. The van der Waals surface area contributed by atoms with Gasteiger partial charge in [-0.2, -0.15) is 0 Å². The zero-order valence-electron chi connectivity index (χ0n) is 8.10. The summed E-state index contributed by atoms with van der Waals surface area (Å²) in [7, 11) is 0. The molecule has 0 bridgehead atoms. The Morgan fingerprint density at radius 1 is 1.21 bits per heavy atom. The third-order valence-corrected chi connectivity index (χ3v) is 3.06. The van der Waals surface area contributed by atoms with E-state index in [1.165, 1.54) is 0 Å². The molecule has 1 aromatic heterocycles. The SMILES string of the molecule is O=C(O)[C@@H]1CCCC[C@@H]1n1cccc1. The summed E-state index contributed by atoms with van der Waals surface area (Å²) in [4.78, 5) is 11.0. The number of carbonyl (C=O) groups is 1. The highest BCUT2D eigenvalue weighted by atomic mass is 16.4. The lowest BCUT2D eigenvalue weighted by molar-refractivity contribution is -0.144. The van der Waals surface area contributed by atoms with Gasteiger partial charge in [0.05, 0.1) is 5.92 Å². The van der Waals surface area contributed by atoms with Crippen LogP contribution in [0.2, 0.25) is 0 Å². The standard InChI is InChI=1S/C11H15NO2/c13-11(14)9-5-1-2-6-10(9)12-7-3-4-8-12/h3-4,7-10H,1-2,5-6H2,(H,13,14)/t9-,10+/m1/s1. The molecule has 2 rings (SSSR count). The molecule has 14 heavy (non-hydrogen) atoms. The van der Waals surface area contributed by atoms with Gasteiger partial charge >= 0.3 is 5.97 Å². The van der Waals surface area contributed by atoms with Crippen molar-refractivity contribution in [3.8, 4) is 0 Å². The number of hydrogen-bond acceptors (Lipinski definition) is 1. The van der Waals surface area contributed by atoms with E-state index in [4.69, 9.17) is 5.11 Å². The summed E-state index contributed by atoms with van der Waals surface area (Å²) in [6, 6.07) is 4.07. The van der Waals surface area contributed by atoms with Crippen LogP contribution in [0.1, 0.15) is 31.7 Å². The molecule has 0 radical (unpaired) electrons. The minimum absolute atomic E-state index is 0.163. The highest BCUT2D eigenvalue weighted by molar-refractivity contribution is 5.70. The van der Waals surface area contributed by atoms with Crippen molar-refractivity contribution >= 4 is 5.97 Å². The van der Waals surface area contributed by atoms with Gasteiger partial charge in [-0.05, 0) is 25.0 Å². The number of nitrogens with zero attached hydrogens (tertiary/aromatic N) is 1. The molecule has 1 aromatic rings. The average Bonchev–Trinajstić information content (AvgIpc) is 2.70. The van der Waals surface area contributed by atoms with Gasteiger partial charge < -0.3 is 9.67 Å². The quantitative estimate of drug-likeness (QED) is 0.783. The van der Waals surface area contributed by atoms with Crippen molar-refractivity contribution in [3.05, 3.63) is 24.5 Å². The molecular weight excluding hydrogens is 178 g/mol. The minimum Gasteiger partial charge on any atom is -0.481 e. The molecular formula is C11H15NO2. The van der Waals surface area contributed by atoms with Gasteiger partial charge in [0, 0.05) is 18.4 Å². The first-order chi connectivity index (χ1) is 6.79. The number of carboxylic acid groups (broad SMARTS) is 1. The largest absolute Gasteiger partial charge is 0.481 e. The Bertz CT molecular complexity index is 305. The van der Waals surface area contributed by atoms with Crippen molar-refractivity contribution < 1.29 is 9.90 Å². The van der Waals surface area contributed by atoms with Gasteiger partial charge in [0.15, 0.2) is 0 Å². The molecule has 1 saturated carbocycles. The van der Waals surface area contributed by atoms with E-state index in [1.807, 2.05) is 29.1 Å². The number of carboxylic acids is 1. The molecule has 0 aliphatic heterocycles. The van der Waals surface area contributed by atoms with Crippen LogP contribution < -0.4 is 0 Å². The van der Waals surface area contributed by atoms with Crippen LogP contribution in [0.3, 0.4) is 0 Å². The maximum Gasteiger partial charge on any atom is 0.308 e. The molecule has 0 aromatic carbocycles. The lowest BCUT2D eigenvalue weighted by Gasteiger charge is -2.29.